The summed E-state index contributed by atoms with van der Waals surface area (Å²) >= 11 is 3.50. The van der Waals surface area contributed by atoms with Gasteiger partial charge in [-0.15, -0.1) is 0 Å². The average molecular weight is 408 g/mol. The van der Waals surface area contributed by atoms with Crippen LogP contribution in [0, 0.1) is 26.6 Å². The number of aromatic hydroxyl groups is 1. The second kappa shape index (κ2) is 6.36. The highest BCUT2D eigenvalue weighted by atomic mass is 79.9. The minimum absolute atomic E-state index is 0.165. The van der Waals surface area contributed by atoms with Crippen LogP contribution in [0.15, 0.2) is 32.4 Å². The molecule has 0 unspecified atom stereocenters. The molecule has 130 valence electrons. The molecule has 0 saturated carbocycles. The Hall–Kier alpha value is -2.61. The van der Waals surface area contributed by atoms with Crippen molar-refractivity contribution in [1.82, 2.24) is 9.72 Å². The fourth-order valence-electron chi connectivity index (χ4n) is 2.85. The lowest BCUT2D eigenvalue weighted by Gasteiger charge is -2.12. The smallest absolute Gasteiger partial charge is 0.157 e. The zero-order chi connectivity index (χ0) is 18.3. The van der Waals surface area contributed by atoms with E-state index in [9.17, 15) is 9.50 Å². The number of aromatic nitrogens is 2. The van der Waals surface area contributed by atoms with E-state index >= 15 is 0 Å². The first kappa shape index (κ1) is 17.2. The number of halogens is 2. The molecular formula is C17H15BrFN3O3. The standard InChI is InChI=1S/C17H15BrFN3O3/c1-8-14(7-20-24)22(16-9(2)21-25-10(16)3)17(15(8)18)12-5-4-11(23)6-13(12)19/h4-7,23-24H,1-3H3. The number of hydrogen-bond acceptors (Lipinski definition) is 5. The number of benzene rings is 1. The fraction of sp³-hybridized carbons (Fsp3) is 0.176. The van der Waals surface area contributed by atoms with Gasteiger partial charge in [-0.05, 0) is 54.4 Å². The molecule has 0 fully saturated rings. The molecule has 2 aromatic heterocycles. The molecule has 6 nitrogen and oxygen atoms in total. The maximum Gasteiger partial charge on any atom is 0.157 e. The Kier molecular flexibility index (Phi) is 4.38. The van der Waals surface area contributed by atoms with Gasteiger partial charge in [-0.25, -0.2) is 4.39 Å². The molecule has 0 radical (unpaired) electrons. The maximum absolute atomic E-state index is 14.5. The third kappa shape index (κ3) is 2.72. The summed E-state index contributed by atoms with van der Waals surface area (Å²) in [5, 5.41) is 25.6. The third-order valence-corrected chi connectivity index (χ3v) is 4.96. The van der Waals surface area contributed by atoms with E-state index in [0.717, 1.165) is 11.6 Å². The highest BCUT2D eigenvalue weighted by molar-refractivity contribution is 9.10. The van der Waals surface area contributed by atoms with Gasteiger partial charge in [0.25, 0.3) is 0 Å². The maximum atomic E-state index is 14.5. The number of phenolic OH excluding ortho intramolecular Hbond substituents is 1. The lowest BCUT2D eigenvalue weighted by atomic mass is 10.1. The molecule has 8 heteroatoms. The summed E-state index contributed by atoms with van der Waals surface area (Å²) in [5.41, 5.74) is 3.30. The van der Waals surface area contributed by atoms with Gasteiger partial charge < -0.3 is 19.4 Å². The number of nitrogens with zero attached hydrogens (tertiary/aromatic N) is 3. The van der Waals surface area contributed by atoms with E-state index in [1.165, 1.54) is 18.3 Å². The van der Waals surface area contributed by atoms with Crippen molar-refractivity contribution < 1.29 is 19.2 Å². The lowest BCUT2D eigenvalue weighted by Crippen LogP contribution is -2.05. The summed E-state index contributed by atoms with van der Waals surface area (Å²) < 4.78 is 22.1. The summed E-state index contributed by atoms with van der Waals surface area (Å²) in [6.45, 7) is 5.33. The molecule has 0 spiro atoms. The van der Waals surface area contributed by atoms with Crippen LogP contribution in [0.3, 0.4) is 0 Å². The van der Waals surface area contributed by atoms with Crippen LogP contribution < -0.4 is 0 Å². The monoisotopic (exact) mass is 407 g/mol. The van der Waals surface area contributed by atoms with Crippen molar-refractivity contribution in [3.63, 3.8) is 0 Å². The topological polar surface area (TPSA) is 83.8 Å². The predicted octanol–water partition coefficient (Wildman–Crippen LogP) is 4.47. The number of rotatable bonds is 3. The van der Waals surface area contributed by atoms with Crippen molar-refractivity contribution in [2.45, 2.75) is 20.8 Å². The van der Waals surface area contributed by atoms with Crippen molar-refractivity contribution in [2.24, 2.45) is 5.16 Å². The molecule has 25 heavy (non-hydrogen) atoms. The van der Waals surface area contributed by atoms with Gasteiger partial charge in [0.1, 0.15) is 22.9 Å². The summed E-state index contributed by atoms with van der Waals surface area (Å²) in [6.07, 6.45) is 1.27. The minimum Gasteiger partial charge on any atom is -0.508 e. The zero-order valence-electron chi connectivity index (χ0n) is 13.7. The highest BCUT2D eigenvalue weighted by Gasteiger charge is 2.26. The van der Waals surface area contributed by atoms with Crippen LogP contribution in [0.2, 0.25) is 0 Å². The third-order valence-electron chi connectivity index (χ3n) is 3.99. The van der Waals surface area contributed by atoms with E-state index in [0.29, 0.717) is 33.0 Å². The van der Waals surface area contributed by atoms with Crippen LogP contribution in [-0.4, -0.2) is 26.3 Å². The first-order chi connectivity index (χ1) is 11.9. The molecule has 0 atom stereocenters. The van der Waals surface area contributed by atoms with E-state index in [2.05, 4.69) is 26.2 Å². The number of oxime groups is 1. The molecule has 0 bridgehead atoms. The van der Waals surface area contributed by atoms with E-state index in [1.807, 2.05) is 6.92 Å². The van der Waals surface area contributed by atoms with E-state index < -0.39 is 5.82 Å². The molecular weight excluding hydrogens is 393 g/mol. The van der Waals surface area contributed by atoms with E-state index in [1.54, 1.807) is 18.4 Å². The van der Waals surface area contributed by atoms with Gasteiger partial charge >= 0.3 is 0 Å². The molecule has 3 rings (SSSR count). The Balaban J connectivity index is 2.45. The second-order valence-electron chi connectivity index (χ2n) is 5.59. The van der Waals surface area contributed by atoms with Gasteiger partial charge in [0.05, 0.1) is 17.6 Å². The van der Waals surface area contributed by atoms with Crippen LogP contribution in [-0.2, 0) is 0 Å². The molecule has 0 saturated heterocycles. The average Bonchev–Trinajstić information content (AvgIpc) is 3.00. The van der Waals surface area contributed by atoms with Crippen LogP contribution in [0.1, 0.15) is 22.7 Å². The predicted molar refractivity (Wildman–Crippen MR) is 94.2 cm³/mol. The molecule has 0 aliphatic heterocycles. The Morgan fingerprint density at radius 1 is 1.32 bits per heavy atom. The molecule has 0 aliphatic carbocycles. The van der Waals surface area contributed by atoms with Crippen molar-refractivity contribution in [2.75, 3.05) is 0 Å². The largest absolute Gasteiger partial charge is 0.508 e. The van der Waals surface area contributed by atoms with Crippen molar-refractivity contribution in [1.29, 1.82) is 0 Å². The van der Waals surface area contributed by atoms with Gasteiger partial charge in [-0.2, -0.15) is 0 Å². The van der Waals surface area contributed by atoms with Crippen LogP contribution >= 0.6 is 15.9 Å². The minimum atomic E-state index is -0.585. The van der Waals surface area contributed by atoms with E-state index in [-0.39, 0.29) is 11.3 Å². The Bertz CT molecular complexity index is 972. The number of aryl methyl sites for hydroxylation is 2. The van der Waals surface area contributed by atoms with Gasteiger partial charge in [0.2, 0.25) is 0 Å². The Morgan fingerprint density at radius 3 is 2.60 bits per heavy atom. The lowest BCUT2D eigenvalue weighted by molar-refractivity contribution is 0.321. The van der Waals surface area contributed by atoms with Crippen LogP contribution in [0.25, 0.3) is 16.9 Å². The Morgan fingerprint density at radius 2 is 2.04 bits per heavy atom. The molecule has 0 amide bonds. The second-order valence-corrected chi connectivity index (χ2v) is 6.38. The highest BCUT2D eigenvalue weighted by Crippen LogP contribution is 2.40. The number of hydrogen-bond donors (Lipinski definition) is 2. The Labute approximate surface area is 151 Å². The van der Waals surface area contributed by atoms with E-state index in [4.69, 9.17) is 9.73 Å². The molecule has 1 aromatic carbocycles. The normalized spacial score (nSPS) is 11.6. The summed E-state index contributed by atoms with van der Waals surface area (Å²) in [7, 11) is 0. The van der Waals surface area contributed by atoms with Gasteiger partial charge in [-0.3, -0.25) is 0 Å². The zero-order valence-corrected chi connectivity index (χ0v) is 15.3. The summed E-state index contributed by atoms with van der Waals surface area (Å²) in [5.74, 6) is -0.214. The summed E-state index contributed by atoms with van der Waals surface area (Å²) in [6, 6.07) is 3.94. The molecule has 2 heterocycles. The van der Waals surface area contributed by atoms with Crippen LogP contribution in [0.5, 0.6) is 5.75 Å². The van der Waals surface area contributed by atoms with Crippen molar-refractivity contribution >= 4 is 22.1 Å². The van der Waals surface area contributed by atoms with Crippen molar-refractivity contribution in [3.8, 4) is 22.7 Å². The quantitative estimate of drug-likeness (QED) is 0.381. The SMILES string of the molecule is Cc1noc(C)c1-n1c(C=NO)c(C)c(Br)c1-c1ccc(O)cc1F. The number of phenols is 1. The van der Waals surface area contributed by atoms with Gasteiger partial charge in [0, 0.05) is 16.1 Å². The van der Waals surface area contributed by atoms with Gasteiger partial charge in [-0.1, -0.05) is 10.3 Å². The fourth-order valence-corrected chi connectivity index (χ4v) is 3.44. The van der Waals surface area contributed by atoms with Crippen LogP contribution in [0.4, 0.5) is 4.39 Å². The first-order valence-electron chi connectivity index (χ1n) is 7.37. The molecule has 2 N–H and O–H groups in total. The first-order valence-corrected chi connectivity index (χ1v) is 8.16. The van der Waals surface area contributed by atoms with Crippen molar-refractivity contribution in [3.05, 3.63) is 51.2 Å². The van der Waals surface area contributed by atoms with Gasteiger partial charge in [0.15, 0.2) is 5.76 Å². The molecule has 0 aliphatic rings. The molecule has 3 aromatic rings. The summed E-state index contributed by atoms with van der Waals surface area (Å²) in [4.78, 5) is 0.